The Balaban J connectivity index is 0.000000187. The van der Waals surface area contributed by atoms with Crippen molar-refractivity contribution in [2.45, 2.75) is 123 Å². The number of aromatic nitrogens is 4. The minimum Gasteiger partial charge on any atom is -0.481 e. The van der Waals surface area contributed by atoms with E-state index in [0.717, 1.165) is 56.9 Å². The molecule has 4 aromatic carbocycles. The van der Waals surface area contributed by atoms with E-state index >= 15 is 0 Å². The van der Waals surface area contributed by atoms with Gasteiger partial charge in [0.2, 0.25) is 23.6 Å². The molecule has 0 bridgehead atoms. The molecule has 22 heteroatoms. The molecule has 2 heterocycles. The molecule has 6 aromatic rings. The molecule has 4 saturated carbocycles. The maximum atomic E-state index is 14.2. The molecule has 0 unspecified atom stereocenters. The largest absolute Gasteiger partial charge is 0.481 e. The van der Waals surface area contributed by atoms with Gasteiger partial charge < -0.3 is 31.3 Å². The first-order valence-electron chi connectivity index (χ1n) is 26.2. The highest BCUT2D eigenvalue weighted by molar-refractivity contribution is 6.31. The minimum atomic E-state index is -0.650. The van der Waals surface area contributed by atoms with E-state index in [4.69, 9.17) is 34.0 Å². The molecule has 2 aromatic heterocycles. The van der Waals surface area contributed by atoms with Gasteiger partial charge >= 0.3 is 5.97 Å². The van der Waals surface area contributed by atoms with Crippen molar-refractivity contribution in [3.8, 4) is 0 Å². The van der Waals surface area contributed by atoms with E-state index in [-0.39, 0.29) is 113 Å². The number of nitrogen functional groups attached to an aromatic ring is 1. The van der Waals surface area contributed by atoms with Crippen LogP contribution in [0.3, 0.4) is 0 Å². The zero-order chi connectivity index (χ0) is 56.7. The van der Waals surface area contributed by atoms with Crippen molar-refractivity contribution in [1.29, 1.82) is 0 Å². The van der Waals surface area contributed by atoms with Crippen molar-refractivity contribution in [1.82, 2.24) is 40.0 Å². The van der Waals surface area contributed by atoms with Crippen LogP contribution < -0.4 is 16.4 Å². The molecule has 79 heavy (non-hydrogen) atoms. The van der Waals surface area contributed by atoms with Crippen LogP contribution in [0.25, 0.3) is 21.8 Å². The maximum Gasteiger partial charge on any atom is 0.303 e. The quantitative estimate of drug-likeness (QED) is 0.0373. The summed E-state index contributed by atoms with van der Waals surface area (Å²) in [6.07, 6.45) is 8.95. The van der Waals surface area contributed by atoms with Gasteiger partial charge in [0, 0.05) is 85.9 Å². The van der Waals surface area contributed by atoms with Gasteiger partial charge in [-0.1, -0.05) is 53.5 Å². The van der Waals surface area contributed by atoms with E-state index in [9.17, 15) is 47.1 Å². The summed E-state index contributed by atoms with van der Waals surface area (Å²) in [7, 11) is 0. The molecule has 0 aliphatic heterocycles. The maximum absolute atomic E-state index is 14.2. The van der Waals surface area contributed by atoms with Gasteiger partial charge in [-0.2, -0.15) is 10.2 Å². The first kappa shape index (κ1) is 57.6. The molecular formula is C57H61Cl2F2N9O9. The number of carbonyl (C=O) groups is 8. The molecular weight excluding hydrogens is 1060 g/mol. The summed E-state index contributed by atoms with van der Waals surface area (Å²) >= 11 is 11.6. The van der Waals surface area contributed by atoms with E-state index in [0.29, 0.717) is 58.6 Å². The number of fused-ring (bicyclic) bond motifs is 2. The topological polar surface area (TPSA) is 249 Å². The Morgan fingerprint density at radius 3 is 1.49 bits per heavy atom. The lowest BCUT2D eigenvalue weighted by atomic mass is 10.0. The van der Waals surface area contributed by atoms with Crippen LogP contribution in [0.4, 0.5) is 14.5 Å². The van der Waals surface area contributed by atoms with E-state index in [2.05, 4.69) is 20.8 Å². The predicted molar refractivity (Wildman–Crippen MR) is 291 cm³/mol. The highest BCUT2D eigenvalue weighted by Crippen LogP contribution is 2.34. The number of carboxylic acids is 1. The van der Waals surface area contributed by atoms with Crippen molar-refractivity contribution in [3.05, 3.63) is 123 Å². The Hall–Kier alpha value is -7.58. The number of carbonyl (C=O) groups excluding carboxylic acids is 7. The SMILES string of the molecule is CC(=O)c1nn(CC(=O)N(CC(=O)NCc2cccc(Cl)c2F)C2CC2)c2ccc(CC(=O)CC3CC3)cc12.CC(=O)c1nn(CC(=O)N(CC(=O)NCc2cccc(Cl)c2F)C2CC2)c2ccc(N)cc12.O=C(O)CC1CC1. The molecule has 4 aliphatic rings. The molecule has 0 spiro atoms. The van der Waals surface area contributed by atoms with Gasteiger partial charge in [0.15, 0.2) is 11.6 Å². The lowest BCUT2D eigenvalue weighted by molar-refractivity contribution is -0.137. The van der Waals surface area contributed by atoms with Crippen molar-refractivity contribution in [2.24, 2.45) is 11.8 Å². The lowest BCUT2D eigenvalue weighted by Crippen LogP contribution is -2.43. The Morgan fingerprint density at radius 2 is 1.08 bits per heavy atom. The molecule has 0 saturated heterocycles. The molecule has 5 N–H and O–H groups in total. The van der Waals surface area contributed by atoms with Gasteiger partial charge in [-0.25, -0.2) is 8.78 Å². The number of nitrogens with two attached hydrogens (primary N) is 1. The van der Waals surface area contributed by atoms with Gasteiger partial charge in [0.05, 0.1) is 34.2 Å². The Kier molecular flexibility index (Phi) is 18.6. The summed E-state index contributed by atoms with van der Waals surface area (Å²) in [6.45, 7) is 2.15. The fraction of sp³-hybridized carbons (Fsp3) is 0.404. The number of carboxylic acid groups (broad SMARTS) is 1. The third-order valence-electron chi connectivity index (χ3n) is 13.9. The van der Waals surface area contributed by atoms with Crippen molar-refractivity contribution < 1.29 is 52.2 Å². The fourth-order valence-electron chi connectivity index (χ4n) is 9.04. The van der Waals surface area contributed by atoms with Crippen LogP contribution in [-0.4, -0.2) is 107 Å². The normalized spacial score (nSPS) is 14.6. The zero-order valence-electron chi connectivity index (χ0n) is 43.7. The summed E-state index contributed by atoms with van der Waals surface area (Å²) in [4.78, 5) is 101. The van der Waals surface area contributed by atoms with Crippen LogP contribution in [0.2, 0.25) is 10.0 Å². The van der Waals surface area contributed by atoms with E-state index < -0.39 is 29.4 Å². The number of aliphatic carboxylic acids is 1. The van der Waals surface area contributed by atoms with Gasteiger partial charge in [-0.3, -0.25) is 47.7 Å². The van der Waals surface area contributed by atoms with Crippen molar-refractivity contribution in [3.63, 3.8) is 0 Å². The van der Waals surface area contributed by atoms with Crippen LogP contribution in [0.15, 0.2) is 72.8 Å². The van der Waals surface area contributed by atoms with Crippen LogP contribution in [0.1, 0.15) is 116 Å². The molecule has 0 radical (unpaired) electrons. The number of benzene rings is 4. The summed E-state index contributed by atoms with van der Waals surface area (Å²) in [5.41, 5.74) is 9.38. The number of ketones is 3. The van der Waals surface area contributed by atoms with Crippen molar-refractivity contribution >= 4 is 97.6 Å². The first-order valence-corrected chi connectivity index (χ1v) is 27.0. The number of nitrogens with zero attached hydrogens (tertiary/aromatic N) is 6. The third-order valence-corrected chi connectivity index (χ3v) is 14.4. The Morgan fingerprint density at radius 1 is 0.633 bits per heavy atom. The molecule has 18 nitrogen and oxygen atoms in total. The summed E-state index contributed by atoms with van der Waals surface area (Å²) in [6, 6.07) is 19.5. The van der Waals surface area contributed by atoms with E-state index in [1.54, 1.807) is 36.4 Å². The predicted octanol–water partition coefficient (Wildman–Crippen LogP) is 8.04. The van der Waals surface area contributed by atoms with Gasteiger partial charge in [-0.05, 0) is 111 Å². The zero-order valence-corrected chi connectivity index (χ0v) is 45.3. The van der Waals surface area contributed by atoms with Crippen LogP contribution in [0.5, 0.6) is 0 Å². The average Bonchev–Trinajstić information content (AvgIpc) is 4.20. The fourth-order valence-corrected chi connectivity index (χ4v) is 9.43. The van der Waals surface area contributed by atoms with E-state index in [1.165, 1.54) is 57.3 Å². The van der Waals surface area contributed by atoms with E-state index in [1.807, 2.05) is 12.1 Å². The van der Waals surface area contributed by atoms with Gasteiger partial charge in [-0.15, -0.1) is 0 Å². The highest BCUT2D eigenvalue weighted by atomic mass is 35.5. The molecule has 10 rings (SSSR count). The summed E-state index contributed by atoms with van der Waals surface area (Å²) in [5.74, 6) is -2.48. The second kappa shape index (κ2) is 25.5. The standard InChI is InChI=1S/C29H30ClFN4O4.C23H23ClFN5O3.C5H8O2/c1-17(36)29-23-13-19(12-22(37)11-18-5-6-18)7-10-25(23)35(33-29)16-27(39)34(21-8-9-21)15-26(38)32-14-20-3-2-4-24(30)28(20)31;1-13(31)23-17-9-15(26)5-8-19(17)30(28-23)12-21(33)29(16-6-7-16)11-20(32)27-10-14-3-2-4-18(24)22(14)25;6-5(7)3-4-1-2-4/h2-4,7,10,13,18,21H,5-6,8-9,11-12,14-16H2,1H3,(H,32,38);2-5,8-9,16H,6-7,10-12,26H2,1H3,(H,27,32);4H,1-3H2,(H,6,7). The second-order valence-corrected chi connectivity index (χ2v) is 21.5. The Bertz CT molecular complexity index is 3350. The summed E-state index contributed by atoms with van der Waals surface area (Å²) < 4.78 is 31.1. The molecule has 4 amide bonds. The van der Waals surface area contributed by atoms with Gasteiger partial charge in [0.25, 0.3) is 0 Å². The molecule has 4 aliphatic carbocycles. The first-order chi connectivity index (χ1) is 37.7. The number of nitrogens with one attached hydrogen (secondary N) is 2. The monoisotopic (exact) mass is 1120 g/mol. The number of hydrogen-bond donors (Lipinski definition) is 4. The number of hydrogen-bond acceptors (Lipinski definition) is 11. The smallest absolute Gasteiger partial charge is 0.303 e. The van der Waals surface area contributed by atoms with Crippen LogP contribution in [0, 0.1) is 23.5 Å². The minimum absolute atomic E-state index is 0.0188. The number of amides is 4. The lowest BCUT2D eigenvalue weighted by Gasteiger charge is -2.22. The highest BCUT2D eigenvalue weighted by Gasteiger charge is 2.36. The van der Waals surface area contributed by atoms with Crippen LogP contribution >= 0.6 is 23.2 Å². The number of halogens is 4. The second-order valence-electron chi connectivity index (χ2n) is 20.6. The third kappa shape index (κ3) is 15.8. The van der Waals surface area contributed by atoms with Crippen LogP contribution in [-0.2, 0) is 61.4 Å². The average molecular weight is 1130 g/mol. The summed E-state index contributed by atoms with van der Waals surface area (Å²) in [5, 5.41) is 23.3. The van der Waals surface area contributed by atoms with Crippen molar-refractivity contribution in [2.75, 3.05) is 18.8 Å². The molecule has 4 fully saturated rings. The molecule has 0 atom stereocenters. The number of anilines is 1. The Labute approximate surface area is 463 Å². The molecule has 416 valence electrons. The number of Topliss-reactive ketones (excluding diaryl/α,β-unsaturated/α-hetero) is 3. The van der Waals surface area contributed by atoms with Gasteiger partial charge in [0.1, 0.15) is 41.9 Å². The number of rotatable bonds is 22.